The van der Waals surface area contributed by atoms with E-state index in [1.54, 1.807) is 46.8 Å². The van der Waals surface area contributed by atoms with Crippen LogP contribution in [-0.2, 0) is 24.2 Å². The number of halogens is 1. The Morgan fingerprint density at radius 1 is 1.14 bits per heavy atom. The molecule has 12 heteroatoms. The Morgan fingerprint density at radius 3 is 2.33 bits per heavy atom. The number of carbonyl (C=O) groups is 2. The second-order valence-corrected chi connectivity index (χ2v) is 12.0. The lowest BCUT2D eigenvalue weighted by atomic mass is 10.1. The van der Waals surface area contributed by atoms with Crippen LogP contribution in [-0.4, -0.2) is 46.3 Å². The van der Waals surface area contributed by atoms with Crippen molar-refractivity contribution in [1.82, 2.24) is 4.72 Å². The van der Waals surface area contributed by atoms with Crippen molar-refractivity contribution in [2.45, 2.75) is 57.6 Å². The smallest absolute Gasteiger partial charge is 0.412 e. The van der Waals surface area contributed by atoms with Crippen molar-refractivity contribution in [3.63, 3.8) is 0 Å². The lowest BCUT2D eigenvalue weighted by Gasteiger charge is -2.20. The summed E-state index contributed by atoms with van der Waals surface area (Å²) in [5, 5.41) is 2.43. The van der Waals surface area contributed by atoms with Gasteiger partial charge in [0.2, 0.25) is 10.0 Å². The van der Waals surface area contributed by atoms with E-state index in [1.165, 1.54) is 25.3 Å². The molecule has 1 unspecified atom stereocenters. The molecule has 2 rings (SSSR count). The molecule has 200 valence electrons. The molecule has 1 amide bonds. The van der Waals surface area contributed by atoms with Gasteiger partial charge in [0.05, 0.1) is 11.0 Å². The average Bonchev–Trinajstić information content (AvgIpc) is 3.19. The van der Waals surface area contributed by atoms with Gasteiger partial charge in [0.15, 0.2) is 5.78 Å². The normalized spacial score (nSPS) is 13.0. The standard InChI is InChI=1S/C24H33FN2O7S2/c1-15(2)21(28)19-13-20(22(35-19)27-23(29)34-24(3,4)5)36(30,31)26-12-11-18(33-14-32-6)16-7-9-17(25)10-8-16/h7-10,13,15,18,26H,11-12,14H2,1-6H3,(H,27,29). The molecule has 0 bridgehead atoms. The molecule has 0 aliphatic rings. The highest BCUT2D eigenvalue weighted by atomic mass is 32.2. The zero-order valence-electron chi connectivity index (χ0n) is 21.2. The van der Waals surface area contributed by atoms with E-state index >= 15 is 0 Å². The molecule has 1 aromatic carbocycles. The Kier molecular flexibility index (Phi) is 10.6. The lowest BCUT2D eigenvalue weighted by molar-refractivity contribution is -0.0752. The number of ether oxygens (including phenoxy) is 3. The van der Waals surface area contributed by atoms with Gasteiger partial charge in [-0.25, -0.2) is 22.3 Å². The Morgan fingerprint density at radius 2 is 1.78 bits per heavy atom. The molecule has 36 heavy (non-hydrogen) atoms. The Bertz CT molecular complexity index is 1140. The number of ketones is 1. The van der Waals surface area contributed by atoms with Crippen molar-refractivity contribution in [2.75, 3.05) is 25.8 Å². The zero-order chi connectivity index (χ0) is 27.1. The van der Waals surface area contributed by atoms with E-state index in [4.69, 9.17) is 14.2 Å². The molecule has 0 spiro atoms. The van der Waals surface area contributed by atoms with E-state index in [1.807, 2.05) is 0 Å². The summed E-state index contributed by atoms with van der Waals surface area (Å²) in [5.74, 6) is -1.02. The van der Waals surface area contributed by atoms with E-state index in [0.29, 0.717) is 5.56 Å². The van der Waals surface area contributed by atoms with Crippen LogP contribution in [0.1, 0.15) is 62.4 Å². The number of benzene rings is 1. The van der Waals surface area contributed by atoms with E-state index in [0.717, 1.165) is 11.3 Å². The van der Waals surface area contributed by atoms with Gasteiger partial charge < -0.3 is 14.2 Å². The molecule has 1 aromatic heterocycles. The van der Waals surface area contributed by atoms with Crippen molar-refractivity contribution in [2.24, 2.45) is 5.92 Å². The van der Waals surface area contributed by atoms with Crippen LogP contribution < -0.4 is 10.0 Å². The van der Waals surface area contributed by atoms with Crippen molar-refractivity contribution in [1.29, 1.82) is 0 Å². The number of anilines is 1. The van der Waals surface area contributed by atoms with Crippen molar-refractivity contribution in [3.8, 4) is 0 Å². The Labute approximate surface area is 215 Å². The average molecular weight is 545 g/mol. The first kappa shape index (κ1) is 29.8. The van der Waals surface area contributed by atoms with Gasteiger partial charge in [-0.1, -0.05) is 26.0 Å². The minimum absolute atomic E-state index is 0.0218. The Balaban J connectivity index is 2.24. The molecule has 9 nitrogen and oxygen atoms in total. The van der Waals surface area contributed by atoms with E-state index in [2.05, 4.69) is 10.0 Å². The minimum Gasteiger partial charge on any atom is -0.444 e. The van der Waals surface area contributed by atoms with Gasteiger partial charge >= 0.3 is 6.09 Å². The second-order valence-electron chi connectivity index (χ2n) is 9.25. The zero-order valence-corrected chi connectivity index (χ0v) is 22.8. The molecule has 0 saturated carbocycles. The highest BCUT2D eigenvalue weighted by molar-refractivity contribution is 7.89. The van der Waals surface area contributed by atoms with Crippen molar-refractivity contribution >= 4 is 38.2 Å². The van der Waals surface area contributed by atoms with Crippen LogP contribution in [0, 0.1) is 11.7 Å². The molecule has 2 aromatic rings. The monoisotopic (exact) mass is 544 g/mol. The fraction of sp³-hybridized carbons (Fsp3) is 0.500. The van der Waals surface area contributed by atoms with E-state index < -0.39 is 33.6 Å². The third-order valence-corrected chi connectivity index (χ3v) is 7.38. The summed E-state index contributed by atoms with van der Waals surface area (Å²) < 4.78 is 58.0. The summed E-state index contributed by atoms with van der Waals surface area (Å²) in [6.45, 7) is 8.36. The highest BCUT2D eigenvalue weighted by Gasteiger charge is 2.28. The quantitative estimate of drug-likeness (QED) is 0.282. The van der Waals surface area contributed by atoms with Gasteiger partial charge in [-0.2, -0.15) is 0 Å². The molecule has 1 atom stereocenters. The fourth-order valence-corrected chi connectivity index (χ4v) is 5.71. The molecule has 2 N–H and O–H groups in total. The predicted octanol–water partition coefficient (Wildman–Crippen LogP) is 5.10. The van der Waals surface area contributed by atoms with Gasteiger partial charge in [-0.05, 0) is 51.0 Å². The number of nitrogens with one attached hydrogen (secondary N) is 2. The lowest BCUT2D eigenvalue weighted by Crippen LogP contribution is -2.29. The molecular weight excluding hydrogens is 511 g/mol. The van der Waals surface area contributed by atoms with Crippen LogP contribution in [0.5, 0.6) is 0 Å². The first-order valence-corrected chi connectivity index (χ1v) is 13.6. The third kappa shape index (κ3) is 8.93. The topological polar surface area (TPSA) is 120 Å². The molecule has 1 heterocycles. The number of methoxy groups -OCH3 is 1. The maximum absolute atomic E-state index is 13.3. The first-order valence-electron chi connectivity index (χ1n) is 11.3. The number of carbonyl (C=O) groups excluding carboxylic acids is 2. The molecule has 0 saturated heterocycles. The number of amides is 1. The molecule has 0 aliphatic heterocycles. The van der Waals surface area contributed by atoms with Crippen molar-refractivity contribution < 1.29 is 36.6 Å². The molecule has 0 radical (unpaired) electrons. The summed E-state index contributed by atoms with van der Waals surface area (Å²) in [7, 11) is -2.68. The Hall–Kier alpha value is -2.38. The third-order valence-electron chi connectivity index (χ3n) is 4.70. The van der Waals surface area contributed by atoms with Crippen LogP contribution in [0.25, 0.3) is 0 Å². The van der Waals surface area contributed by atoms with Gasteiger partial charge in [-0.15, -0.1) is 11.3 Å². The summed E-state index contributed by atoms with van der Waals surface area (Å²) in [5.41, 5.74) is -0.146. The number of rotatable bonds is 12. The van der Waals surface area contributed by atoms with Crippen molar-refractivity contribution in [3.05, 3.63) is 46.6 Å². The van der Waals surface area contributed by atoms with Gasteiger partial charge in [0, 0.05) is 19.6 Å². The van der Waals surface area contributed by atoms with Gasteiger partial charge in [-0.3, -0.25) is 10.1 Å². The molecular formula is C24H33FN2O7S2. The summed E-state index contributed by atoms with van der Waals surface area (Å²) in [4.78, 5) is 24.8. The van der Waals surface area contributed by atoms with Crippen LogP contribution in [0.2, 0.25) is 0 Å². The predicted molar refractivity (Wildman–Crippen MR) is 135 cm³/mol. The van der Waals surface area contributed by atoms with Gasteiger partial charge in [0.25, 0.3) is 0 Å². The summed E-state index contributed by atoms with van der Waals surface area (Å²) >= 11 is 0.869. The second kappa shape index (κ2) is 12.7. The molecule has 0 fully saturated rings. The SMILES string of the molecule is COCOC(CCNS(=O)(=O)c1cc(C(=O)C(C)C)sc1NC(=O)OC(C)(C)C)c1ccc(F)cc1. The number of hydrogen-bond acceptors (Lipinski definition) is 8. The number of Topliss-reactive ketones (excluding diaryl/α,β-unsaturated/α-hetero) is 1. The number of thiophene rings is 1. The maximum atomic E-state index is 13.3. The van der Waals surface area contributed by atoms with Crippen LogP contribution in [0.4, 0.5) is 14.2 Å². The van der Waals surface area contributed by atoms with E-state index in [-0.39, 0.29) is 46.2 Å². The molecule has 0 aliphatic carbocycles. The number of sulfonamides is 1. The van der Waals surface area contributed by atoms with E-state index in [9.17, 15) is 22.4 Å². The van der Waals surface area contributed by atoms with Crippen LogP contribution >= 0.6 is 11.3 Å². The highest BCUT2D eigenvalue weighted by Crippen LogP contribution is 2.34. The summed E-state index contributed by atoms with van der Waals surface area (Å²) in [6.07, 6.45) is -1.19. The van der Waals surface area contributed by atoms with Gasteiger partial charge in [0.1, 0.15) is 28.1 Å². The fourth-order valence-electron chi connectivity index (χ4n) is 3.04. The summed E-state index contributed by atoms with van der Waals surface area (Å²) in [6, 6.07) is 6.93. The minimum atomic E-state index is -4.13. The van der Waals surface area contributed by atoms with Crippen LogP contribution in [0.15, 0.2) is 35.2 Å². The largest absolute Gasteiger partial charge is 0.444 e. The first-order chi connectivity index (χ1) is 16.7. The maximum Gasteiger partial charge on any atom is 0.412 e. The van der Waals surface area contributed by atoms with Crippen LogP contribution in [0.3, 0.4) is 0 Å². The number of hydrogen-bond donors (Lipinski definition) is 2.